The summed E-state index contributed by atoms with van der Waals surface area (Å²) in [5.41, 5.74) is 5.73. The van der Waals surface area contributed by atoms with Gasteiger partial charge in [0.1, 0.15) is 23.4 Å². The molecule has 1 aliphatic heterocycles. The van der Waals surface area contributed by atoms with E-state index >= 15 is 0 Å². The second kappa shape index (κ2) is 17.0. The van der Waals surface area contributed by atoms with Crippen LogP contribution in [0.5, 0.6) is 5.75 Å². The van der Waals surface area contributed by atoms with Gasteiger partial charge in [-0.2, -0.15) is 5.10 Å². The zero-order valence-corrected chi connectivity index (χ0v) is 32.2. The van der Waals surface area contributed by atoms with Crippen molar-refractivity contribution in [2.75, 3.05) is 26.4 Å². The minimum absolute atomic E-state index is 0.242. The van der Waals surface area contributed by atoms with Gasteiger partial charge >= 0.3 is 5.97 Å². The molecule has 0 fully saturated rings. The summed E-state index contributed by atoms with van der Waals surface area (Å²) in [7, 11) is 1.93. The Morgan fingerprint density at radius 1 is 1.09 bits per heavy atom. The van der Waals surface area contributed by atoms with Crippen molar-refractivity contribution in [2.45, 2.75) is 97.5 Å². The smallest absolute Gasteiger partial charge is 0.355 e. The van der Waals surface area contributed by atoms with Crippen molar-refractivity contribution in [1.29, 1.82) is 0 Å². The van der Waals surface area contributed by atoms with Crippen molar-refractivity contribution in [3.05, 3.63) is 82.0 Å². The normalized spacial score (nSPS) is 16.0. The summed E-state index contributed by atoms with van der Waals surface area (Å²) in [6.07, 6.45) is 4.59. The molecule has 0 radical (unpaired) electrons. The molecule has 1 aliphatic rings. The molecule has 2 atom stereocenters. The van der Waals surface area contributed by atoms with E-state index in [1.54, 1.807) is 13.0 Å². The molecule has 3 aromatic carbocycles. The number of aryl methyl sites for hydroxylation is 3. The highest BCUT2D eigenvalue weighted by molar-refractivity contribution is 6.35. The number of aromatic nitrogens is 3. The number of carbonyl (C=O) groups excluding carboxylic acids is 1. The lowest BCUT2D eigenvalue weighted by Gasteiger charge is -2.26. The van der Waals surface area contributed by atoms with Crippen molar-refractivity contribution in [1.82, 2.24) is 14.3 Å². The van der Waals surface area contributed by atoms with E-state index in [0.29, 0.717) is 74.9 Å². The van der Waals surface area contributed by atoms with Gasteiger partial charge in [-0.1, -0.05) is 43.6 Å². The zero-order chi connectivity index (χ0) is 37.7. The molecule has 6 rings (SSSR count). The molecule has 5 aromatic rings. The van der Waals surface area contributed by atoms with Crippen LogP contribution in [-0.2, 0) is 40.6 Å². The SMILES string of the molecule is CCCOC(C)(O)CCC1OCCCCn2c(C(=O)OCC)c(CCCOc3cccc4cc(F)ccc34)c3ccc(Cl)c(c32)-c2c1nn(C)c2CC. The van der Waals surface area contributed by atoms with Crippen LogP contribution in [0.25, 0.3) is 32.8 Å². The number of rotatable bonds is 14. The van der Waals surface area contributed by atoms with Gasteiger partial charge in [-0.15, -0.1) is 0 Å². The summed E-state index contributed by atoms with van der Waals surface area (Å²) in [5, 5.41) is 19.2. The number of hydrogen-bond donors (Lipinski definition) is 1. The third-order valence-electron chi connectivity index (χ3n) is 10.0. The van der Waals surface area contributed by atoms with Gasteiger partial charge in [0.25, 0.3) is 0 Å². The first-order valence-electron chi connectivity index (χ1n) is 18.9. The molecule has 2 unspecified atom stereocenters. The van der Waals surface area contributed by atoms with Gasteiger partial charge in [-0.05, 0) is 100 Å². The maximum atomic E-state index is 13.9. The van der Waals surface area contributed by atoms with Crippen LogP contribution in [0.4, 0.5) is 4.39 Å². The van der Waals surface area contributed by atoms with Gasteiger partial charge in [-0.25, -0.2) is 9.18 Å². The van der Waals surface area contributed by atoms with E-state index in [1.807, 2.05) is 55.9 Å². The van der Waals surface area contributed by atoms with Crippen molar-refractivity contribution in [3.8, 4) is 16.9 Å². The summed E-state index contributed by atoms with van der Waals surface area (Å²) >= 11 is 7.23. The van der Waals surface area contributed by atoms with Crippen LogP contribution in [0, 0.1) is 5.82 Å². The van der Waals surface area contributed by atoms with Crippen molar-refractivity contribution in [3.63, 3.8) is 0 Å². The summed E-state index contributed by atoms with van der Waals surface area (Å²) in [6.45, 7) is 9.76. The zero-order valence-electron chi connectivity index (χ0n) is 31.5. The average molecular weight is 748 g/mol. The van der Waals surface area contributed by atoms with E-state index in [1.165, 1.54) is 12.1 Å². The lowest BCUT2D eigenvalue weighted by atomic mass is 9.94. The number of benzene rings is 3. The van der Waals surface area contributed by atoms with E-state index in [0.717, 1.165) is 69.0 Å². The Balaban J connectivity index is 1.44. The highest BCUT2D eigenvalue weighted by Crippen LogP contribution is 2.45. The number of hydrogen-bond acceptors (Lipinski definition) is 7. The molecule has 2 aromatic heterocycles. The molecule has 284 valence electrons. The average Bonchev–Trinajstić information content (AvgIpc) is 3.62. The van der Waals surface area contributed by atoms with E-state index in [2.05, 4.69) is 11.5 Å². The topological polar surface area (TPSA) is 97.0 Å². The van der Waals surface area contributed by atoms with Gasteiger partial charge in [-0.3, -0.25) is 4.68 Å². The fraction of sp³-hybridized carbons (Fsp3) is 0.476. The number of halogens is 2. The van der Waals surface area contributed by atoms with E-state index in [4.69, 9.17) is 35.6 Å². The van der Waals surface area contributed by atoms with Crippen molar-refractivity contribution in [2.24, 2.45) is 7.05 Å². The molecule has 0 aliphatic carbocycles. The number of esters is 1. The first-order valence-corrected chi connectivity index (χ1v) is 19.3. The molecule has 0 bridgehead atoms. The van der Waals surface area contributed by atoms with Crippen LogP contribution in [0.1, 0.15) is 99.8 Å². The summed E-state index contributed by atoms with van der Waals surface area (Å²) in [6, 6.07) is 14.2. The van der Waals surface area contributed by atoms with Crippen LogP contribution in [0.2, 0.25) is 5.02 Å². The van der Waals surface area contributed by atoms with Crippen LogP contribution in [0.3, 0.4) is 0 Å². The Bertz CT molecular complexity index is 2070. The predicted molar refractivity (Wildman–Crippen MR) is 206 cm³/mol. The van der Waals surface area contributed by atoms with E-state index < -0.39 is 11.9 Å². The van der Waals surface area contributed by atoms with Gasteiger partial charge in [0.15, 0.2) is 5.79 Å². The molecular weight excluding hydrogens is 697 g/mol. The summed E-state index contributed by atoms with van der Waals surface area (Å²) < 4.78 is 42.2. The third kappa shape index (κ3) is 8.26. The van der Waals surface area contributed by atoms with Crippen LogP contribution >= 0.6 is 11.6 Å². The molecule has 9 nitrogen and oxygen atoms in total. The quantitative estimate of drug-likeness (QED) is 0.0687. The third-order valence-corrected chi connectivity index (χ3v) is 10.4. The first kappa shape index (κ1) is 38.8. The molecular formula is C42H51ClFN3O6. The maximum absolute atomic E-state index is 13.9. The Morgan fingerprint density at radius 3 is 2.68 bits per heavy atom. The minimum atomic E-state index is -1.31. The van der Waals surface area contributed by atoms with Crippen LogP contribution in [0.15, 0.2) is 48.5 Å². The largest absolute Gasteiger partial charge is 0.493 e. The molecule has 53 heavy (non-hydrogen) atoms. The minimum Gasteiger partial charge on any atom is -0.493 e. The van der Waals surface area contributed by atoms with E-state index in [-0.39, 0.29) is 18.4 Å². The van der Waals surface area contributed by atoms with Gasteiger partial charge < -0.3 is 28.6 Å². The summed E-state index contributed by atoms with van der Waals surface area (Å²) in [4.78, 5) is 13.9. The lowest BCUT2D eigenvalue weighted by molar-refractivity contribution is -0.198. The number of nitrogens with zero attached hydrogens (tertiary/aromatic N) is 3. The Hall–Kier alpha value is -3.96. The number of carbonyl (C=O) groups is 1. The molecule has 0 saturated carbocycles. The Labute approximate surface area is 315 Å². The molecule has 1 N–H and O–H groups in total. The number of ether oxygens (including phenoxy) is 4. The second-order valence-electron chi connectivity index (χ2n) is 13.9. The fourth-order valence-electron chi connectivity index (χ4n) is 7.60. The van der Waals surface area contributed by atoms with Crippen LogP contribution in [-0.4, -0.2) is 57.6 Å². The van der Waals surface area contributed by atoms with Gasteiger partial charge in [0, 0.05) is 60.8 Å². The molecule has 0 saturated heterocycles. The highest BCUT2D eigenvalue weighted by atomic mass is 35.5. The first-order chi connectivity index (χ1) is 25.6. The number of fused-ring (bicyclic) bond motifs is 3. The molecule has 11 heteroatoms. The second-order valence-corrected chi connectivity index (χ2v) is 14.3. The van der Waals surface area contributed by atoms with Crippen LogP contribution < -0.4 is 4.74 Å². The fourth-order valence-corrected chi connectivity index (χ4v) is 7.84. The lowest BCUT2D eigenvalue weighted by Crippen LogP contribution is -2.29. The summed E-state index contributed by atoms with van der Waals surface area (Å²) in [5.74, 6) is -1.29. The van der Waals surface area contributed by atoms with Gasteiger partial charge in [0.05, 0.1) is 29.4 Å². The standard InChI is InChI=1S/C42H51ClFN3O6/c1-6-23-53-42(4,49)21-20-35-38-37(33(7-2)46(5)45-38)36-32(43)19-18-31-30(40(41(48)50-8-3)47(39(31)36)22-9-10-24-52-35)14-12-25-51-34-15-11-13-27-26-28(44)16-17-29(27)34/h11,13,15-19,26,35,49H,6-10,12,14,20-25H2,1-5H3. The van der Waals surface area contributed by atoms with Crippen molar-refractivity contribution < 1.29 is 33.2 Å². The number of aliphatic hydroxyl groups is 1. The highest BCUT2D eigenvalue weighted by Gasteiger charge is 2.33. The predicted octanol–water partition coefficient (Wildman–Crippen LogP) is 9.50. The van der Waals surface area contributed by atoms with E-state index in [9.17, 15) is 14.3 Å². The van der Waals surface area contributed by atoms with Crippen molar-refractivity contribution >= 4 is 39.2 Å². The molecule has 3 heterocycles. The molecule has 0 amide bonds. The van der Waals surface area contributed by atoms with Gasteiger partial charge in [0.2, 0.25) is 0 Å². The Kier molecular flexibility index (Phi) is 12.4. The Morgan fingerprint density at radius 2 is 1.91 bits per heavy atom. The maximum Gasteiger partial charge on any atom is 0.355 e. The monoisotopic (exact) mass is 747 g/mol. The molecule has 0 spiro atoms.